The molecule has 29 heavy (non-hydrogen) atoms. The summed E-state index contributed by atoms with van der Waals surface area (Å²) in [6, 6.07) is 18.4. The second-order valence-corrected chi connectivity index (χ2v) is 9.51. The van der Waals surface area contributed by atoms with Gasteiger partial charge in [-0.15, -0.1) is 0 Å². The molecule has 0 aliphatic carbocycles. The SMILES string of the molecule is CC(C)=CC1CC(C#N)(C#N)C(c2ccccc2)N1S(=O)(=O)c1ccc(C)cc1. The van der Waals surface area contributed by atoms with Gasteiger partial charge in [0, 0.05) is 12.5 Å². The van der Waals surface area contributed by atoms with Crippen molar-refractivity contribution in [1.29, 1.82) is 10.5 Å². The van der Waals surface area contributed by atoms with Crippen LogP contribution in [0.4, 0.5) is 0 Å². The Hall–Kier alpha value is -2.93. The molecule has 6 heteroatoms. The number of aryl methyl sites for hydroxylation is 1. The van der Waals surface area contributed by atoms with Gasteiger partial charge in [0.1, 0.15) is 0 Å². The molecule has 0 radical (unpaired) electrons. The number of nitriles is 2. The molecule has 1 aliphatic rings. The van der Waals surface area contributed by atoms with Crippen LogP contribution in [0.2, 0.25) is 0 Å². The fourth-order valence-corrected chi connectivity index (χ4v) is 5.71. The fourth-order valence-electron chi connectivity index (χ4n) is 3.91. The normalized spacial score (nSPS) is 21.1. The molecule has 0 N–H and O–H groups in total. The molecule has 1 aliphatic heterocycles. The third kappa shape index (κ3) is 3.70. The van der Waals surface area contributed by atoms with Crippen molar-refractivity contribution in [3.05, 3.63) is 77.4 Å². The van der Waals surface area contributed by atoms with Crippen LogP contribution in [-0.4, -0.2) is 18.8 Å². The van der Waals surface area contributed by atoms with Crippen molar-refractivity contribution in [2.24, 2.45) is 5.41 Å². The first-order chi connectivity index (χ1) is 13.7. The predicted molar refractivity (Wildman–Crippen MR) is 111 cm³/mol. The van der Waals surface area contributed by atoms with Crippen molar-refractivity contribution in [1.82, 2.24) is 4.31 Å². The monoisotopic (exact) mass is 405 g/mol. The number of nitrogens with zero attached hydrogens (tertiary/aromatic N) is 3. The zero-order chi connectivity index (χ0) is 21.2. The van der Waals surface area contributed by atoms with Crippen LogP contribution in [0.25, 0.3) is 0 Å². The zero-order valence-electron chi connectivity index (χ0n) is 16.7. The minimum Gasteiger partial charge on any atom is -0.207 e. The van der Waals surface area contributed by atoms with Gasteiger partial charge in [-0.25, -0.2) is 8.42 Å². The van der Waals surface area contributed by atoms with E-state index in [4.69, 9.17) is 0 Å². The van der Waals surface area contributed by atoms with E-state index in [0.29, 0.717) is 5.56 Å². The van der Waals surface area contributed by atoms with Crippen LogP contribution in [0.1, 0.15) is 37.4 Å². The van der Waals surface area contributed by atoms with Crippen molar-refractivity contribution in [3.63, 3.8) is 0 Å². The van der Waals surface area contributed by atoms with Crippen molar-refractivity contribution in [2.75, 3.05) is 0 Å². The molecular formula is C23H23N3O2S. The van der Waals surface area contributed by atoms with Crippen LogP contribution in [-0.2, 0) is 10.0 Å². The highest BCUT2D eigenvalue weighted by molar-refractivity contribution is 7.89. The van der Waals surface area contributed by atoms with Crippen molar-refractivity contribution >= 4 is 10.0 Å². The smallest absolute Gasteiger partial charge is 0.207 e. The average Bonchev–Trinajstić information content (AvgIpc) is 3.03. The molecule has 2 aromatic carbocycles. The summed E-state index contributed by atoms with van der Waals surface area (Å²) >= 11 is 0. The second-order valence-electron chi connectivity index (χ2n) is 7.67. The number of hydrogen-bond acceptors (Lipinski definition) is 4. The maximum Gasteiger partial charge on any atom is 0.244 e. The molecule has 0 saturated carbocycles. The first-order valence-electron chi connectivity index (χ1n) is 9.38. The number of allylic oxidation sites excluding steroid dienone is 1. The quantitative estimate of drug-likeness (QED) is 0.701. The number of sulfonamides is 1. The predicted octanol–water partition coefficient (Wildman–Crippen LogP) is 4.50. The van der Waals surface area contributed by atoms with Gasteiger partial charge in [-0.05, 0) is 38.5 Å². The Morgan fingerprint density at radius 3 is 2.17 bits per heavy atom. The number of benzene rings is 2. The van der Waals surface area contributed by atoms with Crippen LogP contribution >= 0.6 is 0 Å². The summed E-state index contributed by atoms with van der Waals surface area (Å²) < 4.78 is 28.8. The molecule has 3 rings (SSSR count). The van der Waals surface area contributed by atoms with Crippen molar-refractivity contribution < 1.29 is 8.42 Å². The number of hydrogen-bond donors (Lipinski definition) is 0. The topological polar surface area (TPSA) is 85.0 Å². The van der Waals surface area contributed by atoms with Crippen molar-refractivity contribution in [3.8, 4) is 12.1 Å². The first kappa shape index (κ1) is 20.8. The molecule has 5 nitrogen and oxygen atoms in total. The van der Waals surface area contributed by atoms with E-state index >= 15 is 0 Å². The zero-order valence-corrected chi connectivity index (χ0v) is 17.5. The summed E-state index contributed by atoms with van der Waals surface area (Å²) in [4.78, 5) is 0.155. The molecule has 0 amide bonds. The van der Waals surface area contributed by atoms with E-state index in [9.17, 15) is 18.9 Å². The summed E-state index contributed by atoms with van der Waals surface area (Å²) in [6.45, 7) is 5.65. The average molecular weight is 406 g/mol. The van der Waals surface area contributed by atoms with Gasteiger partial charge < -0.3 is 0 Å². The molecule has 148 valence electrons. The molecule has 1 heterocycles. The summed E-state index contributed by atoms with van der Waals surface area (Å²) in [5.41, 5.74) is 1.04. The Morgan fingerprint density at radius 2 is 1.66 bits per heavy atom. The van der Waals surface area contributed by atoms with Crippen molar-refractivity contribution in [2.45, 2.75) is 44.2 Å². The van der Waals surface area contributed by atoms with Gasteiger partial charge in [0.15, 0.2) is 5.41 Å². The second kappa shape index (κ2) is 7.83. The third-order valence-electron chi connectivity index (χ3n) is 5.22. The Kier molecular flexibility index (Phi) is 5.61. The van der Waals surface area contributed by atoms with E-state index in [-0.39, 0.29) is 11.3 Å². The molecular weight excluding hydrogens is 382 g/mol. The van der Waals surface area contributed by atoms with E-state index in [0.717, 1.165) is 11.1 Å². The van der Waals surface area contributed by atoms with Gasteiger partial charge in [0.05, 0.1) is 23.1 Å². The standard InChI is InChI=1S/C23H23N3O2S/c1-17(2)13-20-14-23(15-24,16-25)22(19-7-5-4-6-8-19)26(20)29(27,28)21-11-9-18(3)10-12-21/h4-13,20,22H,14H2,1-3H3. The lowest BCUT2D eigenvalue weighted by atomic mass is 9.79. The lowest BCUT2D eigenvalue weighted by molar-refractivity contribution is 0.318. The fraction of sp³-hybridized carbons (Fsp3) is 0.304. The minimum atomic E-state index is -3.95. The minimum absolute atomic E-state index is 0.121. The van der Waals surface area contributed by atoms with E-state index in [1.54, 1.807) is 48.5 Å². The Bertz CT molecular complexity index is 1090. The van der Waals surface area contributed by atoms with Crippen LogP contribution < -0.4 is 0 Å². The van der Waals surface area contributed by atoms with Gasteiger partial charge in [0.2, 0.25) is 10.0 Å². The summed E-state index contributed by atoms with van der Waals surface area (Å²) in [5, 5.41) is 20.0. The molecule has 1 fully saturated rings. The van der Waals surface area contributed by atoms with E-state index in [2.05, 4.69) is 12.1 Å². The van der Waals surface area contributed by atoms with Gasteiger partial charge >= 0.3 is 0 Å². The van der Waals surface area contributed by atoms with Gasteiger partial charge in [0.25, 0.3) is 0 Å². The molecule has 2 aromatic rings. The van der Waals surface area contributed by atoms with E-state index in [1.165, 1.54) is 4.31 Å². The highest BCUT2D eigenvalue weighted by Gasteiger charge is 2.57. The Labute approximate surface area is 172 Å². The van der Waals surface area contributed by atoms with E-state index < -0.39 is 27.5 Å². The van der Waals surface area contributed by atoms with Gasteiger partial charge in [-0.2, -0.15) is 14.8 Å². The largest absolute Gasteiger partial charge is 0.244 e. The molecule has 2 unspecified atom stereocenters. The van der Waals surface area contributed by atoms with Crippen LogP contribution in [0.3, 0.4) is 0 Å². The molecule has 1 saturated heterocycles. The lowest BCUT2D eigenvalue weighted by Crippen LogP contribution is -2.38. The van der Waals surface area contributed by atoms with E-state index in [1.807, 2.05) is 32.9 Å². The molecule has 0 spiro atoms. The van der Waals surface area contributed by atoms with Gasteiger partial charge in [-0.3, -0.25) is 0 Å². The van der Waals surface area contributed by atoms with Gasteiger partial charge in [-0.1, -0.05) is 59.7 Å². The van der Waals surface area contributed by atoms with Crippen LogP contribution in [0, 0.1) is 35.0 Å². The molecule has 0 bridgehead atoms. The number of rotatable bonds is 4. The van der Waals surface area contributed by atoms with Crippen LogP contribution in [0.5, 0.6) is 0 Å². The highest BCUT2D eigenvalue weighted by Crippen LogP contribution is 2.52. The Morgan fingerprint density at radius 1 is 1.07 bits per heavy atom. The summed E-state index contributed by atoms with van der Waals surface area (Å²) in [6.07, 6.45) is 1.95. The summed E-state index contributed by atoms with van der Waals surface area (Å²) in [7, 11) is -3.95. The lowest BCUT2D eigenvalue weighted by Gasteiger charge is -2.31. The highest BCUT2D eigenvalue weighted by atomic mass is 32.2. The maximum absolute atomic E-state index is 13.7. The Balaban J connectivity index is 2.28. The first-order valence-corrected chi connectivity index (χ1v) is 10.8. The molecule has 0 aromatic heterocycles. The van der Waals surface area contributed by atoms with Crippen LogP contribution in [0.15, 0.2) is 71.1 Å². The third-order valence-corrected chi connectivity index (χ3v) is 7.12. The summed E-state index contributed by atoms with van der Waals surface area (Å²) in [5.74, 6) is 0. The maximum atomic E-state index is 13.7. The molecule has 2 atom stereocenters.